The number of carbonyl (C=O) groups is 1. The fraction of sp³-hybridized carbons (Fsp3) is 0.583. The molecule has 1 aromatic heterocycles. The lowest BCUT2D eigenvalue weighted by molar-refractivity contribution is 0.0943. The minimum absolute atomic E-state index is 0.0321. The molecular weight excluding hydrogens is 204 g/mol. The molecule has 0 spiro atoms. The van der Waals surface area contributed by atoms with Crippen molar-refractivity contribution in [3.8, 4) is 0 Å². The number of amides is 1. The summed E-state index contributed by atoms with van der Waals surface area (Å²) in [4.78, 5) is 11.7. The Morgan fingerprint density at radius 3 is 2.94 bits per heavy atom. The minimum Gasteiger partial charge on any atom is -0.469 e. The molecule has 0 atom stereocenters. The van der Waals surface area contributed by atoms with Gasteiger partial charge < -0.3 is 15.1 Å². The zero-order chi connectivity index (χ0) is 11.4. The molecule has 0 aromatic carbocycles. The van der Waals surface area contributed by atoms with Crippen molar-refractivity contribution in [3.63, 3.8) is 0 Å². The van der Waals surface area contributed by atoms with E-state index in [1.165, 1.54) is 6.26 Å². The number of furan rings is 1. The van der Waals surface area contributed by atoms with Crippen molar-refractivity contribution < 1.29 is 9.21 Å². The molecule has 0 bridgehead atoms. The monoisotopic (exact) mass is 222 g/mol. The maximum absolute atomic E-state index is 11.7. The summed E-state index contributed by atoms with van der Waals surface area (Å²) in [5, 5.41) is 6.26. The summed E-state index contributed by atoms with van der Waals surface area (Å²) in [7, 11) is 0. The van der Waals surface area contributed by atoms with E-state index in [2.05, 4.69) is 10.6 Å². The van der Waals surface area contributed by atoms with Crippen LogP contribution in [0, 0.1) is 12.8 Å². The lowest BCUT2D eigenvalue weighted by Crippen LogP contribution is -2.35. The SMILES string of the molecule is Cc1cc(C(=O)NCC2CCNCC2)co1. The van der Waals surface area contributed by atoms with Gasteiger partial charge in [-0.1, -0.05) is 0 Å². The van der Waals surface area contributed by atoms with Gasteiger partial charge in [0.1, 0.15) is 12.0 Å². The summed E-state index contributed by atoms with van der Waals surface area (Å²) in [6.45, 7) is 4.73. The zero-order valence-corrected chi connectivity index (χ0v) is 9.58. The van der Waals surface area contributed by atoms with Crippen LogP contribution in [-0.4, -0.2) is 25.5 Å². The van der Waals surface area contributed by atoms with Gasteiger partial charge in [-0.2, -0.15) is 0 Å². The van der Waals surface area contributed by atoms with Crippen molar-refractivity contribution >= 4 is 5.91 Å². The van der Waals surface area contributed by atoms with Crippen LogP contribution < -0.4 is 10.6 Å². The van der Waals surface area contributed by atoms with Crippen LogP contribution in [-0.2, 0) is 0 Å². The Kier molecular flexibility index (Phi) is 3.62. The predicted molar refractivity (Wildman–Crippen MR) is 61.4 cm³/mol. The van der Waals surface area contributed by atoms with E-state index in [0.717, 1.165) is 38.2 Å². The molecule has 4 heteroatoms. The topological polar surface area (TPSA) is 54.3 Å². The molecule has 0 aliphatic carbocycles. The van der Waals surface area contributed by atoms with Crippen molar-refractivity contribution in [2.75, 3.05) is 19.6 Å². The van der Waals surface area contributed by atoms with Gasteiger partial charge in [0.25, 0.3) is 5.91 Å². The van der Waals surface area contributed by atoms with Crippen molar-refractivity contribution in [2.45, 2.75) is 19.8 Å². The molecule has 1 fully saturated rings. The Balaban J connectivity index is 1.79. The molecule has 2 heterocycles. The highest BCUT2D eigenvalue weighted by molar-refractivity contribution is 5.93. The largest absolute Gasteiger partial charge is 0.469 e. The second kappa shape index (κ2) is 5.16. The maximum atomic E-state index is 11.7. The third kappa shape index (κ3) is 2.85. The van der Waals surface area contributed by atoms with Gasteiger partial charge in [-0.05, 0) is 44.8 Å². The molecule has 1 aromatic rings. The number of piperidine rings is 1. The Morgan fingerprint density at radius 1 is 1.56 bits per heavy atom. The second-order valence-electron chi connectivity index (χ2n) is 4.35. The molecule has 88 valence electrons. The van der Waals surface area contributed by atoms with E-state index in [9.17, 15) is 4.79 Å². The highest BCUT2D eigenvalue weighted by atomic mass is 16.3. The molecule has 1 aliphatic heterocycles. The molecule has 1 amide bonds. The van der Waals surface area contributed by atoms with Crippen molar-refractivity contribution in [1.29, 1.82) is 0 Å². The molecule has 1 aliphatic rings. The molecule has 0 unspecified atom stereocenters. The van der Waals surface area contributed by atoms with Crippen LogP contribution in [0.15, 0.2) is 16.7 Å². The molecule has 2 rings (SSSR count). The smallest absolute Gasteiger partial charge is 0.254 e. The van der Waals surface area contributed by atoms with Gasteiger partial charge in [0.15, 0.2) is 0 Å². The van der Waals surface area contributed by atoms with Gasteiger partial charge in [0.05, 0.1) is 5.56 Å². The molecule has 1 saturated heterocycles. The van der Waals surface area contributed by atoms with Gasteiger partial charge in [0.2, 0.25) is 0 Å². The van der Waals surface area contributed by atoms with Crippen LogP contribution in [0.1, 0.15) is 29.0 Å². The summed E-state index contributed by atoms with van der Waals surface area (Å²) >= 11 is 0. The van der Waals surface area contributed by atoms with E-state index in [4.69, 9.17) is 4.42 Å². The molecule has 2 N–H and O–H groups in total. The number of carbonyl (C=O) groups excluding carboxylic acids is 1. The van der Waals surface area contributed by atoms with Crippen molar-refractivity contribution in [1.82, 2.24) is 10.6 Å². The average molecular weight is 222 g/mol. The van der Waals surface area contributed by atoms with Gasteiger partial charge in [-0.15, -0.1) is 0 Å². The van der Waals surface area contributed by atoms with Crippen LogP contribution in [0.4, 0.5) is 0 Å². The number of nitrogens with one attached hydrogen (secondary N) is 2. The van der Waals surface area contributed by atoms with Crippen LogP contribution in [0.5, 0.6) is 0 Å². The summed E-state index contributed by atoms with van der Waals surface area (Å²) in [6.07, 6.45) is 3.79. The lowest BCUT2D eigenvalue weighted by atomic mass is 9.98. The summed E-state index contributed by atoms with van der Waals surface area (Å²) in [5.41, 5.74) is 0.617. The van der Waals surface area contributed by atoms with E-state index in [1.807, 2.05) is 6.92 Å². The van der Waals surface area contributed by atoms with E-state index < -0.39 is 0 Å². The quantitative estimate of drug-likeness (QED) is 0.811. The second-order valence-corrected chi connectivity index (χ2v) is 4.35. The maximum Gasteiger partial charge on any atom is 0.254 e. The minimum atomic E-state index is -0.0321. The van der Waals surface area contributed by atoms with Gasteiger partial charge in [-0.25, -0.2) is 0 Å². The van der Waals surface area contributed by atoms with E-state index in [1.54, 1.807) is 6.07 Å². The first kappa shape index (κ1) is 11.2. The van der Waals surface area contributed by atoms with Gasteiger partial charge in [-0.3, -0.25) is 4.79 Å². The van der Waals surface area contributed by atoms with Crippen LogP contribution >= 0.6 is 0 Å². The van der Waals surface area contributed by atoms with Crippen molar-refractivity contribution in [3.05, 3.63) is 23.7 Å². The molecule has 4 nitrogen and oxygen atoms in total. The Morgan fingerprint density at radius 2 is 2.31 bits per heavy atom. The average Bonchev–Trinajstić information content (AvgIpc) is 2.74. The Labute approximate surface area is 95.4 Å². The normalized spacial score (nSPS) is 17.3. The number of hydrogen-bond donors (Lipinski definition) is 2. The highest BCUT2D eigenvalue weighted by Gasteiger charge is 2.15. The molecule has 0 saturated carbocycles. The third-order valence-electron chi connectivity index (χ3n) is 3.00. The lowest BCUT2D eigenvalue weighted by Gasteiger charge is -2.22. The first-order valence-electron chi connectivity index (χ1n) is 5.80. The molecular formula is C12H18N2O2. The first-order valence-corrected chi connectivity index (χ1v) is 5.80. The molecule has 16 heavy (non-hydrogen) atoms. The first-order chi connectivity index (χ1) is 7.75. The third-order valence-corrected chi connectivity index (χ3v) is 3.00. The fourth-order valence-corrected chi connectivity index (χ4v) is 1.99. The van der Waals surface area contributed by atoms with Crippen LogP contribution in [0.3, 0.4) is 0 Å². The van der Waals surface area contributed by atoms with E-state index in [0.29, 0.717) is 11.5 Å². The van der Waals surface area contributed by atoms with Crippen molar-refractivity contribution in [2.24, 2.45) is 5.92 Å². The van der Waals surface area contributed by atoms with Gasteiger partial charge in [0, 0.05) is 6.54 Å². The standard InChI is InChI=1S/C12H18N2O2/c1-9-6-11(8-16-9)12(15)14-7-10-2-4-13-5-3-10/h6,8,10,13H,2-5,7H2,1H3,(H,14,15). The Bertz CT molecular complexity index is 354. The predicted octanol–water partition coefficient (Wildman–Crippen LogP) is 1.32. The number of hydrogen-bond acceptors (Lipinski definition) is 3. The Hall–Kier alpha value is -1.29. The number of aryl methyl sites for hydroxylation is 1. The van der Waals surface area contributed by atoms with Crippen LogP contribution in [0.25, 0.3) is 0 Å². The highest BCUT2D eigenvalue weighted by Crippen LogP contribution is 2.11. The van der Waals surface area contributed by atoms with Gasteiger partial charge >= 0.3 is 0 Å². The zero-order valence-electron chi connectivity index (χ0n) is 9.58. The van der Waals surface area contributed by atoms with E-state index in [-0.39, 0.29) is 5.91 Å². The van der Waals surface area contributed by atoms with E-state index >= 15 is 0 Å². The number of rotatable bonds is 3. The summed E-state index contributed by atoms with van der Waals surface area (Å²) < 4.78 is 5.11. The molecule has 0 radical (unpaired) electrons. The van der Waals surface area contributed by atoms with Crippen LogP contribution in [0.2, 0.25) is 0 Å². The summed E-state index contributed by atoms with van der Waals surface area (Å²) in [6, 6.07) is 1.76. The fourth-order valence-electron chi connectivity index (χ4n) is 1.99. The summed E-state index contributed by atoms with van der Waals surface area (Å²) in [5.74, 6) is 1.35.